The van der Waals surface area contributed by atoms with E-state index in [-0.39, 0.29) is 5.91 Å². The molecule has 1 N–H and O–H groups in total. The number of benzene rings is 2. The number of nitrogens with zero attached hydrogens (tertiary/aromatic N) is 1. The highest BCUT2D eigenvalue weighted by molar-refractivity contribution is 5.91. The first-order valence-electron chi connectivity index (χ1n) is 12.4. The number of nitrogens with one attached hydrogen (secondary N) is 1. The van der Waals surface area contributed by atoms with Gasteiger partial charge in [0.15, 0.2) is 11.5 Å². The van der Waals surface area contributed by atoms with Gasteiger partial charge >= 0.3 is 5.97 Å². The number of ether oxygens (including phenoxy) is 3. The smallest absolute Gasteiger partial charge is 0.343 e. The van der Waals surface area contributed by atoms with Crippen LogP contribution in [-0.4, -0.2) is 32.3 Å². The van der Waals surface area contributed by atoms with Crippen molar-refractivity contribution in [2.45, 2.75) is 71.1 Å². The first-order valence-corrected chi connectivity index (χ1v) is 12.4. The largest absolute Gasteiger partial charge is 0.497 e. The maximum atomic E-state index is 12.4. The van der Waals surface area contributed by atoms with Crippen LogP contribution in [0.5, 0.6) is 17.2 Å². The lowest BCUT2D eigenvalue weighted by Crippen LogP contribution is -2.16. The molecule has 2 aromatic carbocycles. The molecule has 0 aliphatic heterocycles. The fourth-order valence-corrected chi connectivity index (χ4v) is 3.57. The molecule has 0 radical (unpaired) electrons. The lowest BCUT2D eigenvalue weighted by atomic mass is 10.1. The zero-order chi connectivity index (χ0) is 25.3. The molecule has 0 aromatic heterocycles. The molecule has 0 heterocycles. The van der Waals surface area contributed by atoms with Crippen LogP contribution in [0.1, 0.15) is 87.1 Å². The Morgan fingerprint density at radius 2 is 1.49 bits per heavy atom. The Morgan fingerprint density at radius 3 is 2.11 bits per heavy atom. The van der Waals surface area contributed by atoms with Crippen molar-refractivity contribution in [1.29, 1.82) is 0 Å². The van der Waals surface area contributed by atoms with Crippen molar-refractivity contribution in [2.24, 2.45) is 5.10 Å². The number of carbonyl (C=O) groups excluding carboxylic acids is 2. The molecule has 0 unspecified atom stereocenters. The maximum Gasteiger partial charge on any atom is 0.343 e. The number of hydrogen-bond acceptors (Lipinski definition) is 6. The van der Waals surface area contributed by atoms with Gasteiger partial charge in [-0.1, -0.05) is 58.3 Å². The van der Waals surface area contributed by atoms with Crippen LogP contribution in [0, 0.1) is 0 Å². The molecule has 0 spiro atoms. The van der Waals surface area contributed by atoms with E-state index < -0.39 is 5.97 Å². The summed E-state index contributed by atoms with van der Waals surface area (Å²) in [6, 6.07) is 11.7. The average Bonchev–Trinajstić information content (AvgIpc) is 2.88. The molecule has 35 heavy (non-hydrogen) atoms. The monoisotopic (exact) mass is 482 g/mol. The number of unbranched alkanes of at least 4 members (excludes halogenated alkanes) is 8. The fraction of sp³-hybridized carbons (Fsp3) is 0.464. The molecule has 0 saturated carbocycles. The molecular weight excluding hydrogens is 444 g/mol. The topological polar surface area (TPSA) is 86.2 Å². The highest BCUT2D eigenvalue weighted by Crippen LogP contribution is 2.28. The highest BCUT2D eigenvalue weighted by atomic mass is 16.6. The van der Waals surface area contributed by atoms with Gasteiger partial charge in [-0.2, -0.15) is 5.10 Å². The van der Waals surface area contributed by atoms with Crippen molar-refractivity contribution in [3.8, 4) is 17.2 Å². The highest BCUT2D eigenvalue weighted by Gasteiger charge is 2.13. The third-order valence-electron chi connectivity index (χ3n) is 5.63. The van der Waals surface area contributed by atoms with Crippen LogP contribution in [0.15, 0.2) is 47.6 Å². The van der Waals surface area contributed by atoms with Crippen LogP contribution in [0.3, 0.4) is 0 Å². The van der Waals surface area contributed by atoms with Gasteiger partial charge in [0.25, 0.3) is 0 Å². The van der Waals surface area contributed by atoms with Gasteiger partial charge in [-0.05, 0) is 54.4 Å². The van der Waals surface area contributed by atoms with Gasteiger partial charge in [-0.25, -0.2) is 10.2 Å². The van der Waals surface area contributed by atoms with Crippen LogP contribution >= 0.6 is 0 Å². The zero-order valence-corrected chi connectivity index (χ0v) is 21.2. The quantitative estimate of drug-likeness (QED) is 0.0998. The molecule has 2 rings (SSSR count). The van der Waals surface area contributed by atoms with Crippen molar-refractivity contribution < 1.29 is 23.8 Å². The summed E-state index contributed by atoms with van der Waals surface area (Å²) in [5.74, 6) is 0.733. The third kappa shape index (κ3) is 10.6. The van der Waals surface area contributed by atoms with Gasteiger partial charge in [0.05, 0.1) is 26.0 Å². The van der Waals surface area contributed by atoms with E-state index in [1.54, 1.807) is 49.6 Å². The molecule has 7 heteroatoms. The molecule has 0 aliphatic rings. The molecule has 1 amide bonds. The summed E-state index contributed by atoms with van der Waals surface area (Å²) in [4.78, 5) is 24.4. The van der Waals surface area contributed by atoms with Crippen LogP contribution in [0.4, 0.5) is 0 Å². The number of rotatable bonds is 16. The Kier molecular flexibility index (Phi) is 13.0. The van der Waals surface area contributed by atoms with E-state index >= 15 is 0 Å². The summed E-state index contributed by atoms with van der Waals surface area (Å²) >= 11 is 0. The summed E-state index contributed by atoms with van der Waals surface area (Å²) in [6.45, 7) is 2.23. The summed E-state index contributed by atoms with van der Waals surface area (Å²) < 4.78 is 15.9. The molecule has 190 valence electrons. The van der Waals surface area contributed by atoms with E-state index in [4.69, 9.17) is 14.2 Å². The van der Waals surface area contributed by atoms with Gasteiger partial charge in [-0.3, -0.25) is 4.79 Å². The van der Waals surface area contributed by atoms with E-state index in [0.717, 1.165) is 12.8 Å². The van der Waals surface area contributed by atoms with Gasteiger partial charge < -0.3 is 14.2 Å². The Labute approximate surface area is 208 Å². The minimum Gasteiger partial charge on any atom is -0.497 e. The predicted molar refractivity (Wildman–Crippen MR) is 139 cm³/mol. The van der Waals surface area contributed by atoms with Crippen molar-refractivity contribution in [3.05, 3.63) is 53.6 Å². The second-order valence-corrected chi connectivity index (χ2v) is 8.40. The number of hydrazone groups is 1. The van der Waals surface area contributed by atoms with Crippen molar-refractivity contribution in [1.82, 2.24) is 5.43 Å². The molecule has 0 aliphatic carbocycles. The summed E-state index contributed by atoms with van der Waals surface area (Å²) in [5.41, 5.74) is 3.67. The van der Waals surface area contributed by atoms with Gasteiger partial charge in [-0.15, -0.1) is 0 Å². The molecule has 0 atom stereocenters. The second-order valence-electron chi connectivity index (χ2n) is 8.40. The normalized spacial score (nSPS) is 10.8. The molecule has 0 saturated heterocycles. The molecule has 0 bridgehead atoms. The second kappa shape index (κ2) is 16.3. The summed E-state index contributed by atoms with van der Waals surface area (Å²) in [5, 5.41) is 4.03. The van der Waals surface area contributed by atoms with Crippen molar-refractivity contribution in [3.63, 3.8) is 0 Å². The lowest BCUT2D eigenvalue weighted by Gasteiger charge is -2.10. The van der Waals surface area contributed by atoms with Crippen LogP contribution in [0.2, 0.25) is 0 Å². The van der Waals surface area contributed by atoms with E-state index in [9.17, 15) is 9.59 Å². The lowest BCUT2D eigenvalue weighted by molar-refractivity contribution is -0.121. The average molecular weight is 483 g/mol. The first kappa shape index (κ1) is 27.9. The van der Waals surface area contributed by atoms with E-state index in [0.29, 0.717) is 34.8 Å². The molecule has 7 nitrogen and oxygen atoms in total. The Hall–Kier alpha value is -3.35. The van der Waals surface area contributed by atoms with E-state index in [1.807, 2.05) is 0 Å². The Bertz CT molecular complexity index is 941. The van der Waals surface area contributed by atoms with Crippen LogP contribution in [0.25, 0.3) is 0 Å². The van der Waals surface area contributed by atoms with E-state index in [2.05, 4.69) is 17.5 Å². The van der Waals surface area contributed by atoms with Crippen LogP contribution < -0.4 is 19.6 Å². The van der Waals surface area contributed by atoms with E-state index in [1.165, 1.54) is 58.3 Å². The minimum atomic E-state index is -0.504. The number of hydrogen-bond donors (Lipinski definition) is 1. The van der Waals surface area contributed by atoms with Gasteiger partial charge in [0.2, 0.25) is 5.91 Å². The zero-order valence-electron chi connectivity index (χ0n) is 21.2. The van der Waals surface area contributed by atoms with Gasteiger partial charge in [0.1, 0.15) is 5.75 Å². The van der Waals surface area contributed by atoms with Crippen molar-refractivity contribution in [2.75, 3.05) is 14.2 Å². The minimum absolute atomic E-state index is 0.0961. The van der Waals surface area contributed by atoms with Gasteiger partial charge in [0, 0.05) is 6.42 Å². The number of carbonyl (C=O) groups is 2. The standard InChI is InChI=1S/C28H38N2O5/c1-4-5-6-7-8-9-10-11-12-13-27(31)30-29-21-22-14-19-25(26(20-22)34-3)35-28(32)23-15-17-24(33-2)18-16-23/h14-21H,4-13H2,1-3H3,(H,30,31)/b29-21+. The predicted octanol–water partition coefficient (Wildman–Crippen LogP) is 6.29. The number of amides is 1. The summed E-state index contributed by atoms with van der Waals surface area (Å²) in [6.07, 6.45) is 12.9. The molecule has 0 fully saturated rings. The Morgan fingerprint density at radius 1 is 0.829 bits per heavy atom. The third-order valence-corrected chi connectivity index (χ3v) is 5.63. The first-order chi connectivity index (χ1) is 17.1. The fourth-order valence-electron chi connectivity index (χ4n) is 3.57. The number of methoxy groups -OCH3 is 2. The SMILES string of the molecule is CCCCCCCCCCCC(=O)N/N=C/c1ccc(OC(=O)c2ccc(OC)cc2)c(OC)c1. The van der Waals surface area contributed by atoms with Crippen LogP contribution in [-0.2, 0) is 4.79 Å². The Balaban J connectivity index is 1.75. The molecular formula is C28H38N2O5. The molecule has 2 aromatic rings. The summed E-state index contributed by atoms with van der Waals surface area (Å²) in [7, 11) is 3.06. The van der Waals surface area contributed by atoms with Crippen molar-refractivity contribution >= 4 is 18.1 Å². The number of esters is 1. The maximum absolute atomic E-state index is 12.4.